The summed E-state index contributed by atoms with van der Waals surface area (Å²) in [6.45, 7) is 0.259. The van der Waals surface area contributed by atoms with E-state index in [0.717, 1.165) is 12.8 Å². The number of pyridine rings is 2. The lowest BCUT2D eigenvalue weighted by molar-refractivity contribution is -0.154. The van der Waals surface area contributed by atoms with Crippen LogP contribution in [0.3, 0.4) is 0 Å². The summed E-state index contributed by atoms with van der Waals surface area (Å²) in [5, 5.41) is 2.90. The Labute approximate surface area is 175 Å². The summed E-state index contributed by atoms with van der Waals surface area (Å²) in [5.41, 5.74) is 1.23. The van der Waals surface area contributed by atoms with Crippen LogP contribution in [-0.2, 0) is 11.2 Å². The molecule has 0 radical (unpaired) electrons. The highest BCUT2D eigenvalue weighted by Crippen LogP contribution is 2.31. The number of amides is 1. The van der Waals surface area contributed by atoms with E-state index in [0.29, 0.717) is 11.3 Å². The van der Waals surface area contributed by atoms with Crippen molar-refractivity contribution in [3.63, 3.8) is 0 Å². The minimum Gasteiger partial charge on any atom is -0.468 e. The van der Waals surface area contributed by atoms with Gasteiger partial charge in [0.2, 0.25) is 5.88 Å². The third-order valence-electron chi connectivity index (χ3n) is 4.54. The fourth-order valence-electron chi connectivity index (χ4n) is 2.73. The van der Waals surface area contributed by atoms with Crippen LogP contribution in [0, 0.1) is 5.92 Å². The second-order valence-electron chi connectivity index (χ2n) is 7.10. The van der Waals surface area contributed by atoms with E-state index in [2.05, 4.69) is 20.0 Å². The molecule has 0 bridgehead atoms. The predicted octanol–water partition coefficient (Wildman–Crippen LogP) is 4.08. The Morgan fingerprint density at radius 2 is 2.00 bits per heavy atom. The van der Waals surface area contributed by atoms with Gasteiger partial charge in [-0.05, 0) is 31.4 Å². The fraction of sp³-hybridized carbons (Fsp3) is 0.400. The van der Waals surface area contributed by atoms with E-state index in [4.69, 9.17) is 11.6 Å². The zero-order valence-corrected chi connectivity index (χ0v) is 16.8. The molecule has 3 rings (SSSR count). The predicted molar refractivity (Wildman–Crippen MR) is 102 cm³/mol. The first-order valence-electron chi connectivity index (χ1n) is 9.26. The summed E-state index contributed by atoms with van der Waals surface area (Å²) in [6, 6.07) is 3.81. The molecule has 0 saturated heterocycles. The Morgan fingerprint density at radius 3 is 2.60 bits per heavy atom. The van der Waals surface area contributed by atoms with Gasteiger partial charge in [0, 0.05) is 36.5 Å². The average molecular weight is 442 g/mol. The molecule has 0 spiro atoms. The number of rotatable bonds is 8. The maximum absolute atomic E-state index is 12.6. The van der Waals surface area contributed by atoms with Gasteiger partial charge < -0.3 is 10.1 Å². The molecule has 10 heteroatoms. The number of carbonyl (C=O) groups excluding carboxylic acids is 2. The number of hydrogen-bond donors (Lipinski definition) is 1. The maximum atomic E-state index is 12.6. The molecule has 6 nitrogen and oxygen atoms in total. The molecule has 1 atom stereocenters. The van der Waals surface area contributed by atoms with Crippen LogP contribution in [0.5, 0.6) is 5.88 Å². The monoisotopic (exact) mass is 441 g/mol. The van der Waals surface area contributed by atoms with Crippen molar-refractivity contribution in [2.45, 2.75) is 38.4 Å². The van der Waals surface area contributed by atoms with Crippen LogP contribution < -0.4 is 10.1 Å². The molecule has 2 aromatic rings. The van der Waals surface area contributed by atoms with Crippen LogP contribution in [-0.4, -0.2) is 34.4 Å². The number of nitrogens with one attached hydrogen (secondary N) is 1. The molecule has 1 N–H and O–H groups in total. The van der Waals surface area contributed by atoms with Gasteiger partial charge in [-0.1, -0.05) is 17.7 Å². The highest BCUT2D eigenvalue weighted by Gasteiger charge is 2.30. The lowest BCUT2D eigenvalue weighted by Gasteiger charge is -2.16. The first-order chi connectivity index (χ1) is 14.1. The minimum atomic E-state index is -4.45. The molecule has 1 unspecified atom stereocenters. The van der Waals surface area contributed by atoms with Crippen LogP contribution >= 0.6 is 11.6 Å². The number of Topliss-reactive ketones (excluding diaryl/α,β-unsaturated/α-hetero) is 1. The van der Waals surface area contributed by atoms with E-state index in [1.165, 1.54) is 30.6 Å². The summed E-state index contributed by atoms with van der Waals surface area (Å²) in [7, 11) is 0. The van der Waals surface area contributed by atoms with E-state index in [-0.39, 0.29) is 34.6 Å². The molecule has 1 aliphatic rings. The quantitative estimate of drug-likeness (QED) is 0.667. The average Bonchev–Trinajstić information content (AvgIpc) is 3.53. The number of aromatic nitrogens is 2. The Bertz CT molecular complexity index is 931. The van der Waals surface area contributed by atoms with Crippen molar-refractivity contribution in [1.82, 2.24) is 15.3 Å². The lowest BCUT2D eigenvalue weighted by Crippen LogP contribution is -2.27. The van der Waals surface area contributed by atoms with Crippen LogP contribution in [0.25, 0.3) is 0 Å². The van der Waals surface area contributed by atoms with Gasteiger partial charge in [0.05, 0.1) is 16.6 Å². The Morgan fingerprint density at radius 1 is 1.27 bits per heavy atom. The molecule has 0 aromatic carbocycles. The molecule has 2 aromatic heterocycles. The molecule has 0 aliphatic heterocycles. The third-order valence-corrected chi connectivity index (χ3v) is 4.84. The van der Waals surface area contributed by atoms with E-state index in [1.807, 2.05) is 0 Å². The number of ketones is 1. The van der Waals surface area contributed by atoms with Crippen molar-refractivity contribution in [2.24, 2.45) is 5.92 Å². The Balaban J connectivity index is 1.62. The highest BCUT2D eigenvalue weighted by atomic mass is 35.5. The standard InChI is InChI=1S/C20H19ClF3N3O3/c1-11(13-4-5-18(26-8-13)30-10-20(22,23)24)27-19(29)15-6-14(25-9-16(15)21)7-17(28)12-2-3-12/h4-6,8-9,11-12H,2-3,7,10H2,1H3,(H,27,29). The molecule has 1 fully saturated rings. The highest BCUT2D eigenvalue weighted by molar-refractivity contribution is 6.33. The van der Waals surface area contributed by atoms with Gasteiger partial charge in [0.1, 0.15) is 5.78 Å². The van der Waals surface area contributed by atoms with E-state index in [9.17, 15) is 22.8 Å². The largest absolute Gasteiger partial charge is 0.468 e. The molecule has 160 valence electrons. The Hall–Kier alpha value is -2.68. The van der Waals surface area contributed by atoms with Crippen molar-refractivity contribution >= 4 is 23.3 Å². The number of halogens is 4. The summed E-state index contributed by atoms with van der Waals surface area (Å²) in [5.74, 6) is -0.442. The van der Waals surface area contributed by atoms with Crippen LogP contribution in [0.4, 0.5) is 13.2 Å². The second-order valence-corrected chi connectivity index (χ2v) is 7.51. The van der Waals surface area contributed by atoms with E-state index >= 15 is 0 Å². The number of ether oxygens (including phenoxy) is 1. The molecule has 1 saturated carbocycles. The zero-order valence-electron chi connectivity index (χ0n) is 16.0. The molecule has 30 heavy (non-hydrogen) atoms. The van der Waals surface area contributed by atoms with Crippen molar-refractivity contribution in [2.75, 3.05) is 6.61 Å². The van der Waals surface area contributed by atoms with E-state index in [1.54, 1.807) is 6.92 Å². The number of alkyl halides is 3. The molecular weight excluding hydrogens is 423 g/mol. The van der Waals surface area contributed by atoms with Gasteiger partial charge in [-0.3, -0.25) is 14.6 Å². The van der Waals surface area contributed by atoms with Crippen LogP contribution in [0.15, 0.2) is 30.6 Å². The van der Waals surface area contributed by atoms with Crippen molar-refractivity contribution in [1.29, 1.82) is 0 Å². The van der Waals surface area contributed by atoms with Crippen molar-refractivity contribution in [3.8, 4) is 5.88 Å². The summed E-state index contributed by atoms with van der Waals surface area (Å²) < 4.78 is 41.1. The second kappa shape index (κ2) is 8.99. The first kappa shape index (κ1) is 22.0. The van der Waals surface area contributed by atoms with Crippen molar-refractivity contribution < 1.29 is 27.5 Å². The number of nitrogens with zero attached hydrogens (tertiary/aromatic N) is 2. The van der Waals surface area contributed by atoms with Crippen LogP contribution in [0.1, 0.15) is 47.4 Å². The molecule has 1 aliphatic carbocycles. The third kappa shape index (κ3) is 6.16. The summed E-state index contributed by atoms with van der Waals surface area (Å²) in [6.07, 6.45) is 0.154. The summed E-state index contributed by atoms with van der Waals surface area (Å²) >= 11 is 6.10. The smallest absolute Gasteiger partial charge is 0.422 e. The number of hydrogen-bond acceptors (Lipinski definition) is 5. The summed E-state index contributed by atoms with van der Waals surface area (Å²) in [4.78, 5) is 32.6. The van der Waals surface area contributed by atoms with Gasteiger partial charge in [0.25, 0.3) is 5.91 Å². The van der Waals surface area contributed by atoms with Gasteiger partial charge in [0.15, 0.2) is 6.61 Å². The lowest BCUT2D eigenvalue weighted by atomic mass is 10.1. The Kier molecular flexibility index (Phi) is 6.60. The topological polar surface area (TPSA) is 81.2 Å². The fourth-order valence-corrected chi connectivity index (χ4v) is 2.92. The maximum Gasteiger partial charge on any atom is 0.422 e. The molecule has 2 heterocycles. The minimum absolute atomic E-state index is 0.0929. The number of carbonyl (C=O) groups is 2. The molecular formula is C20H19ClF3N3O3. The zero-order chi connectivity index (χ0) is 21.9. The van der Waals surface area contributed by atoms with Gasteiger partial charge in [-0.15, -0.1) is 0 Å². The SMILES string of the molecule is CC(NC(=O)c1cc(CC(=O)C2CC2)ncc1Cl)c1ccc(OCC(F)(F)F)nc1. The normalized spacial score (nSPS) is 14.8. The van der Waals surface area contributed by atoms with Gasteiger partial charge in [-0.25, -0.2) is 4.98 Å². The van der Waals surface area contributed by atoms with E-state index < -0.39 is 24.7 Å². The van der Waals surface area contributed by atoms with Crippen molar-refractivity contribution in [3.05, 3.63) is 52.4 Å². The first-order valence-corrected chi connectivity index (χ1v) is 9.63. The van der Waals surface area contributed by atoms with Gasteiger partial charge >= 0.3 is 6.18 Å². The van der Waals surface area contributed by atoms with Gasteiger partial charge in [-0.2, -0.15) is 13.2 Å². The van der Waals surface area contributed by atoms with Crippen LogP contribution in [0.2, 0.25) is 5.02 Å². The molecule has 1 amide bonds.